The first-order chi connectivity index (χ1) is 9.36. The molecule has 5 heteroatoms. The molecule has 0 aromatic carbocycles. The zero-order chi connectivity index (χ0) is 13.1. The number of nitrogens with zero attached hydrogens (tertiary/aromatic N) is 3. The second-order valence-corrected chi connectivity index (χ2v) is 5.76. The molecule has 0 radical (unpaired) electrons. The first-order valence-electron chi connectivity index (χ1n) is 6.71. The molecule has 0 atom stereocenters. The molecule has 1 aliphatic carbocycles. The summed E-state index contributed by atoms with van der Waals surface area (Å²) in [6, 6.07) is 4.92. The van der Waals surface area contributed by atoms with Gasteiger partial charge in [0.25, 0.3) is 0 Å². The maximum atomic E-state index is 4.66. The average molecular weight is 274 g/mol. The Kier molecular flexibility index (Phi) is 3.64. The fourth-order valence-electron chi connectivity index (χ4n) is 2.11. The number of nitrogens with one attached hydrogen (secondary N) is 1. The number of hydrogen-bond donors (Lipinski definition) is 1. The van der Waals surface area contributed by atoms with E-state index in [4.69, 9.17) is 0 Å². The molecule has 2 heterocycles. The molecule has 0 saturated heterocycles. The standard InChI is InChI=1S/C14H18N4S/c1-2-16-13-8-15-9-14(17-13)18(11-5-6-11)10-12-4-3-7-19-12/h3-4,7-9,11H,2,5-6,10H2,1H3,(H,16,17). The third-order valence-corrected chi connectivity index (χ3v) is 4.03. The Hall–Kier alpha value is -1.62. The van der Waals surface area contributed by atoms with Gasteiger partial charge in [-0.1, -0.05) is 6.07 Å². The van der Waals surface area contributed by atoms with E-state index in [1.54, 1.807) is 17.5 Å². The number of rotatable bonds is 6. The lowest BCUT2D eigenvalue weighted by Gasteiger charge is -2.23. The number of anilines is 2. The van der Waals surface area contributed by atoms with Gasteiger partial charge in [0, 0.05) is 17.5 Å². The molecule has 1 aliphatic rings. The predicted molar refractivity (Wildman–Crippen MR) is 79.7 cm³/mol. The van der Waals surface area contributed by atoms with E-state index in [0.29, 0.717) is 6.04 Å². The average Bonchev–Trinajstić information content (AvgIpc) is 3.14. The van der Waals surface area contributed by atoms with E-state index < -0.39 is 0 Å². The molecule has 0 aliphatic heterocycles. The molecular weight excluding hydrogens is 256 g/mol. The summed E-state index contributed by atoms with van der Waals surface area (Å²) >= 11 is 1.80. The van der Waals surface area contributed by atoms with Crippen molar-refractivity contribution in [2.75, 3.05) is 16.8 Å². The SMILES string of the molecule is CCNc1cncc(N(Cc2cccs2)C2CC2)n1. The van der Waals surface area contributed by atoms with Gasteiger partial charge in [0.2, 0.25) is 0 Å². The summed E-state index contributed by atoms with van der Waals surface area (Å²) in [4.78, 5) is 12.7. The van der Waals surface area contributed by atoms with Crippen LogP contribution in [-0.4, -0.2) is 22.6 Å². The lowest BCUT2D eigenvalue weighted by molar-refractivity contribution is 0.782. The molecule has 1 saturated carbocycles. The minimum Gasteiger partial charge on any atom is -0.369 e. The van der Waals surface area contributed by atoms with Gasteiger partial charge in [-0.15, -0.1) is 11.3 Å². The second-order valence-electron chi connectivity index (χ2n) is 4.73. The highest BCUT2D eigenvalue weighted by atomic mass is 32.1. The lowest BCUT2D eigenvalue weighted by atomic mass is 10.4. The lowest BCUT2D eigenvalue weighted by Crippen LogP contribution is -2.26. The van der Waals surface area contributed by atoms with Crippen LogP contribution < -0.4 is 10.2 Å². The van der Waals surface area contributed by atoms with Crippen LogP contribution in [0.3, 0.4) is 0 Å². The van der Waals surface area contributed by atoms with Crippen molar-refractivity contribution in [2.24, 2.45) is 0 Å². The van der Waals surface area contributed by atoms with Gasteiger partial charge < -0.3 is 10.2 Å². The molecule has 4 nitrogen and oxygen atoms in total. The molecule has 1 fully saturated rings. The second kappa shape index (κ2) is 5.57. The summed E-state index contributed by atoms with van der Waals surface area (Å²) in [5.74, 6) is 1.84. The van der Waals surface area contributed by atoms with Crippen LogP contribution in [0.15, 0.2) is 29.9 Å². The van der Waals surface area contributed by atoms with E-state index >= 15 is 0 Å². The summed E-state index contributed by atoms with van der Waals surface area (Å²) in [7, 11) is 0. The smallest absolute Gasteiger partial charge is 0.150 e. The zero-order valence-electron chi connectivity index (χ0n) is 11.0. The van der Waals surface area contributed by atoms with Gasteiger partial charge in [-0.05, 0) is 31.2 Å². The van der Waals surface area contributed by atoms with Gasteiger partial charge in [0.15, 0.2) is 0 Å². The minimum atomic E-state index is 0.633. The maximum Gasteiger partial charge on any atom is 0.150 e. The largest absolute Gasteiger partial charge is 0.369 e. The van der Waals surface area contributed by atoms with Gasteiger partial charge in [0.1, 0.15) is 11.6 Å². The highest BCUT2D eigenvalue weighted by Crippen LogP contribution is 2.32. The first kappa shape index (κ1) is 12.4. The van der Waals surface area contributed by atoms with Gasteiger partial charge in [-0.2, -0.15) is 0 Å². The van der Waals surface area contributed by atoms with Gasteiger partial charge in [-0.25, -0.2) is 4.98 Å². The van der Waals surface area contributed by atoms with Crippen molar-refractivity contribution >= 4 is 23.0 Å². The van der Waals surface area contributed by atoms with E-state index in [2.05, 4.69) is 44.6 Å². The van der Waals surface area contributed by atoms with Crippen LogP contribution in [0.4, 0.5) is 11.6 Å². The third kappa shape index (κ3) is 3.04. The van der Waals surface area contributed by atoms with Crippen LogP contribution >= 0.6 is 11.3 Å². The Morgan fingerprint density at radius 3 is 3.00 bits per heavy atom. The molecule has 0 spiro atoms. The van der Waals surface area contributed by atoms with Crippen LogP contribution in [0.2, 0.25) is 0 Å². The van der Waals surface area contributed by atoms with Crippen molar-refractivity contribution in [1.82, 2.24) is 9.97 Å². The molecule has 0 bridgehead atoms. The van der Waals surface area contributed by atoms with Crippen molar-refractivity contribution in [2.45, 2.75) is 32.4 Å². The molecule has 2 aromatic rings. The highest BCUT2D eigenvalue weighted by Gasteiger charge is 2.30. The van der Waals surface area contributed by atoms with Crippen LogP contribution in [-0.2, 0) is 6.54 Å². The van der Waals surface area contributed by atoms with Crippen molar-refractivity contribution < 1.29 is 0 Å². The molecule has 2 aromatic heterocycles. The summed E-state index contributed by atoms with van der Waals surface area (Å²) in [5, 5.41) is 5.35. The Labute approximate surface area is 117 Å². The summed E-state index contributed by atoms with van der Waals surface area (Å²) in [5.41, 5.74) is 0. The van der Waals surface area contributed by atoms with Crippen LogP contribution in [0, 0.1) is 0 Å². The number of thiophene rings is 1. The van der Waals surface area contributed by atoms with E-state index in [9.17, 15) is 0 Å². The third-order valence-electron chi connectivity index (χ3n) is 3.17. The summed E-state index contributed by atoms with van der Waals surface area (Å²) < 4.78 is 0. The van der Waals surface area contributed by atoms with E-state index in [-0.39, 0.29) is 0 Å². The Balaban J connectivity index is 1.81. The van der Waals surface area contributed by atoms with E-state index in [0.717, 1.165) is 24.7 Å². The number of hydrogen-bond acceptors (Lipinski definition) is 5. The molecule has 0 unspecified atom stereocenters. The van der Waals surface area contributed by atoms with Crippen molar-refractivity contribution in [3.63, 3.8) is 0 Å². The van der Waals surface area contributed by atoms with E-state index in [1.165, 1.54) is 17.7 Å². The first-order valence-corrected chi connectivity index (χ1v) is 7.59. The molecular formula is C14H18N4S. The fraction of sp³-hybridized carbons (Fsp3) is 0.429. The van der Waals surface area contributed by atoms with Crippen molar-refractivity contribution in [1.29, 1.82) is 0 Å². The Bertz CT molecular complexity index is 522. The van der Waals surface area contributed by atoms with Crippen molar-refractivity contribution in [3.8, 4) is 0 Å². The maximum absolute atomic E-state index is 4.66. The van der Waals surface area contributed by atoms with Gasteiger partial charge >= 0.3 is 0 Å². The summed E-state index contributed by atoms with van der Waals surface area (Å²) in [6.07, 6.45) is 6.17. The van der Waals surface area contributed by atoms with Gasteiger partial charge in [0.05, 0.1) is 18.9 Å². The highest BCUT2D eigenvalue weighted by molar-refractivity contribution is 7.09. The molecule has 100 valence electrons. The topological polar surface area (TPSA) is 41.1 Å². The predicted octanol–water partition coefficient (Wildman–Crippen LogP) is 3.14. The normalized spacial score (nSPS) is 14.4. The van der Waals surface area contributed by atoms with Crippen LogP contribution in [0.1, 0.15) is 24.6 Å². The molecule has 3 rings (SSSR count). The monoisotopic (exact) mass is 274 g/mol. The fourth-order valence-corrected chi connectivity index (χ4v) is 2.82. The minimum absolute atomic E-state index is 0.633. The molecule has 19 heavy (non-hydrogen) atoms. The van der Waals surface area contributed by atoms with Crippen LogP contribution in [0.5, 0.6) is 0 Å². The quantitative estimate of drug-likeness (QED) is 0.878. The Morgan fingerprint density at radius 2 is 2.32 bits per heavy atom. The molecule has 1 N–H and O–H groups in total. The zero-order valence-corrected chi connectivity index (χ0v) is 11.9. The summed E-state index contributed by atoms with van der Waals surface area (Å²) in [6.45, 7) is 3.87. The van der Waals surface area contributed by atoms with Gasteiger partial charge in [-0.3, -0.25) is 4.98 Å². The van der Waals surface area contributed by atoms with Crippen LogP contribution in [0.25, 0.3) is 0 Å². The van der Waals surface area contributed by atoms with Crippen molar-refractivity contribution in [3.05, 3.63) is 34.8 Å². The molecule has 0 amide bonds. The Morgan fingerprint density at radius 1 is 1.42 bits per heavy atom. The number of aromatic nitrogens is 2. The van der Waals surface area contributed by atoms with E-state index in [1.807, 2.05) is 6.20 Å².